The van der Waals surface area contributed by atoms with E-state index in [1.165, 1.54) is 19.1 Å². The molecule has 0 aromatic heterocycles. The molecule has 1 aromatic rings. The molecule has 0 amide bonds. The van der Waals surface area contributed by atoms with Crippen molar-refractivity contribution >= 4 is 23.9 Å². The Kier molecular flexibility index (Phi) is 9.63. The van der Waals surface area contributed by atoms with Crippen molar-refractivity contribution in [1.82, 2.24) is 0 Å². The van der Waals surface area contributed by atoms with Crippen LogP contribution in [0.25, 0.3) is 0 Å². The number of phenolic OH excluding ortho intramolecular Hbond substituents is 2. The van der Waals surface area contributed by atoms with Crippen LogP contribution in [0.2, 0.25) is 0 Å². The molecule has 0 saturated carbocycles. The monoisotopic (exact) mass is 484 g/mol. The Morgan fingerprint density at radius 2 is 1.41 bits per heavy atom. The van der Waals surface area contributed by atoms with Gasteiger partial charge in [-0.2, -0.15) is 0 Å². The Balaban J connectivity index is 2.28. The van der Waals surface area contributed by atoms with Crippen LogP contribution in [0.5, 0.6) is 11.5 Å². The summed E-state index contributed by atoms with van der Waals surface area (Å²) < 4.78 is 32.5. The molecule has 1 aromatic carbocycles. The fourth-order valence-electron chi connectivity index (χ4n) is 3.34. The molecule has 2 rings (SSSR count). The molecule has 1 aliphatic heterocycles. The average Bonchev–Trinajstić information content (AvgIpc) is 2.72. The number of hydrogen-bond donors (Lipinski definition) is 2. The first-order chi connectivity index (χ1) is 16.0. The maximum absolute atomic E-state index is 11.8. The Hall–Kier alpha value is -3.38. The predicted molar refractivity (Wildman–Crippen MR) is 111 cm³/mol. The van der Waals surface area contributed by atoms with Gasteiger partial charge in [0.15, 0.2) is 36.1 Å². The fourth-order valence-corrected chi connectivity index (χ4v) is 3.34. The van der Waals surface area contributed by atoms with Gasteiger partial charge in [-0.3, -0.25) is 19.2 Å². The van der Waals surface area contributed by atoms with Crippen molar-refractivity contribution in [3.8, 4) is 11.5 Å². The van der Waals surface area contributed by atoms with E-state index in [-0.39, 0.29) is 31.1 Å². The molecule has 1 heterocycles. The Morgan fingerprint density at radius 3 is 1.97 bits per heavy atom. The first kappa shape index (κ1) is 26.9. The van der Waals surface area contributed by atoms with E-state index < -0.39 is 54.6 Å². The first-order valence-electron chi connectivity index (χ1n) is 10.4. The molecule has 0 unspecified atom stereocenters. The van der Waals surface area contributed by atoms with Crippen LogP contribution in [0.3, 0.4) is 0 Å². The summed E-state index contributed by atoms with van der Waals surface area (Å²) in [6.07, 6.45) is -6.02. The molecule has 1 fully saturated rings. The quantitative estimate of drug-likeness (QED) is 0.287. The van der Waals surface area contributed by atoms with Gasteiger partial charge in [-0.05, 0) is 24.1 Å². The summed E-state index contributed by atoms with van der Waals surface area (Å²) in [7, 11) is 0. The van der Waals surface area contributed by atoms with E-state index in [0.29, 0.717) is 5.56 Å². The smallest absolute Gasteiger partial charge is 0.303 e. The summed E-state index contributed by atoms with van der Waals surface area (Å²) >= 11 is 0. The highest BCUT2D eigenvalue weighted by Crippen LogP contribution is 2.30. The predicted octanol–water partition coefficient (Wildman–Crippen LogP) is 0.740. The van der Waals surface area contributed by atoms with Crippen molar-refractivity contribution in [2.45, 2.75) is 64.8 Å². The van der Waals surface area contributed by atoms with Gasteiger partial charge in [0.1, 0.15) is 12.7 Å². The van der Waals surface area contributed by atoms with Gasteiger partial charge in [0.25, 0.3) is 0 Å². The summed E-state index contributed by atoms with van der Waals surface area (Å²) in [4.78, 5) is 46.6. The summed E-state index contributed by atoms with van der Waals surface area (Å²) in [5.41, 5.74) is 0.626. The second-order valence-electron chi connectivity index (χ2n) is 7.51. The maximum Gasteiger partial charge on any atom is 0.303 e. The highest BCUT2D eigenvalue weighted by molar-refractivity contribution is 5.68. The molecular weight excluding hydrogens is 456 g/mol. The van der Waals surface area contributed by atoms with Crippen molar-refractivity contribution in [2.24, 2.45) is 0 Å². The minimum atomic E-state index is -1.32. The lowest BCUT2D eigenvalue weighted by Gasteiger charge is -2.44. The van der Waals surface area contributed by atoms with Crippen LogP contribution in [0, 0.1) is 0 Å². The van der Waals surface area contributed by atoms with E-state index in [9.17, 15) is 29.4 Å². The zero-order valence-corrected chi connectivity index (χ0v) is 19.2. The van der Waals surface area contributed by atoms with E-state index in [4.69, 9.17) is 28.4 Å². The van der Waals surface area contributed by atoms with Gasteiger partial charge < -0.3 is 38.6 Å². The summed E-state index contributed by atoms with van der Waals surface area (Å²) in [6.45, 7) is 4.20. The molecule has 1 aliphatic rings. The second kappa shape index (κ2) is 12.2. The van der Waals surface area contributed by atoms with Crippen LogP contribution in [0.1, 0.15) is 33.3 Å². The number of rotatable bonds is 9. The van der Waals surface area contributed by atoms with Crippen LogP contribution in [-0.2, 0) is 54.0 Å². The number of esters is 4. The van der Waals surface area contributed by atoms with Crippen molar-refractivity contribution in [2.75, 3.05) is 13.2 Å². The van der Waals surface area contributed by atoms with Crippen LogP contribution in [0.15, 0.2) is 18.2 Å². The maximum atomic E-state index is 11.8. The van der Waals surface area contributed by atoms with E-state index in [2.05, 4.69) is 0 Å². The number of carbonyl (C=O) groups excluding carboxylic acids is 4. The number of aromatic hydroxyl groups is 2. The molecule has 12 nitrogen and oxygen atoms in total. The van der Waals surface area contributed by atoms with Gasteiger partial charge in [0.05, 0.1) is 6.61 Å². The summed E-state index contributed by atoms with van der Waals surface area (Å²) in [6, 6.07) is 4.25. The lowest BCUT2D eigenvalue weighted by molar-refractivity contribution is -0.307. The lowest BCUT2D eigenvalue weighted by atomic mass is 9.98. The third kappa shape index (κ3) is 7.89. The highest BCUT2D eigenvalue weighted by atomic mass is 16.7. The molecule has 0 aliphatic carbocycles. The number of carbonyl (C=O) groups is 4. The Morgan fingerprint density at radius 1 is 0.824 bits per heavy atom. The average molecular weight is 484 g/mol. The SMILES string of the molecule is CC(=O)OC[C@H]1O[C@@H](OCCc2ccc(O)c(O)c2)[C@H](OC(C)=O)[C@@H](OC(C)=O)[C@@H]1OC(C)=O. The number of benzene rings is 1. The molecule has 5 atom stereocenters. The fraction of sp³-hybridized carbons (Fsp3) is 0.545. The highest BCUT2D eigenvalue weighted by Gasteiger charge is 2.52. The molecule has 0 bridgehead atoms. The third-order valence-electron chi connectivity index (χ3n) is 4.66. The molecule has 188 valence electrons. The van der Waals surface area contributed by atoms with Crippen LogP contribution in [-0.4, -0.2) is 78.0 Å². The lowest BCUT2D eigenvalue weighted by Crippen LogP contribution is -2.63. The molecule has 34 heavy (non-hydrogen) atoms. The summed E-state index contributed by atoms with van der Waals surface area (Å²) in [5.74, 6) is -3.41. The number of hydrogen-bond acceptors (Lipinski definition) is 12. The first-order valence-corrected chi connectivity index (χ1v) is 10.4. The van der Waals surface area contributed by atoms with Crippen molar-refractivity contribution < 1.29 is 57.8 Å². The van der Waals surface area contributed by atoms with Gasteiger partial charge >= 0.3 is 23.9 Å². The molecule has 12 heteroatoms. The van der Waals surface area contributed by atoms with Gasteiger partial charge in [-0.15, -0.1) is 0 Å². The number of ether oxygens (including phenoxy) is 6. The Bertz CT molecular complexity index is 898. The van der Waals surface area contributed by atoms with Crippen LogP contribution >= 0.6 is 0 Å². The third-order valence-corrected chi connectivity index (χ3v) is 4.66. The van der Waals surface area contributed by atoms with Crippen molar-refractivity contribution in [3.63, 3.8) is 0 Å². The van der Waals surface area contributed by atoms with E-state index >= 15 is 0 Å². The standard InChI is InChI=1S/C22H28O12/c1-11(23)30-10-18-19(31-12(2)24)20(32-13(3)25)21(33-14(4)26)22(34-18)29-8-7-15-5-6-16(27)17(28)9-15/h5-6,9,18-22,27-28H,7-8,10H2,1-4H3/t18-,19-,20+,21-,22-/m1/s1. The van der Waals surface area contributed by atoms with Gasteiger partial charge in [0, 0.05) is 27.7 Å². The molecular formula is C22H28O12. The van der Waals surface area contributed by atoms with E-state index in [0.717, 1.165) is 20.8 Å². The van der Waals surface area contributed by atoms with Gasteiger partial charge in [-0.25, -0.2) is 0 Å². The van der Waals surface area contributed by atoms with Gasteiger partial charge in [-0.1, -0.05) is 6.07 Å². The van der Waals surface area contributed by atoms with Crippen molar-refractivity contribution in [1.29, 1.82) is 0 Å². The van der Waals surface area contributed by atoms with E-state index in [1.807, 2.05) is 0 Å². The summed E-state index contributed by atoms with van der Waals surface area (Å²) in [5, 5.41) is 19.1. The molecule has 2 N–H and O–H groups in total. The largest absolute Gasteiger partial charge is 0.504 e. The number of phenols is 2. The normalized spacial score (nSPS) is 24.1. The zero-order valence-electron chi connectivity index (χ0n) is 19.2. The molecule has 1 saturated heterocycles. The minimum Gasteiger partial charge on any atom is -0.504 e. The topological polar surface area (TPSA) is 164 Å². The molecule has 0 spiro atoms. The Labute approximate surface area is 195 Å². The van der Waals surface area contributed by atoms with E-state index in [1.54, 1.807) is 6.07 Å². The van der Waals surface area contributed by atoms with Crippen LogP contribution < -0.4 is 0 Å². The molecule has 0 radical (unpaired) electrons. The zero-order chi connectivity index (χ0) is 25.4. The van der Waals surface area contributed by atoms with Gasteiger partial charge in [0.2, 0.25) is 0 Å². The van der Waals surface area contributed by atoms with Crippen LogP contribution in [0.4, 0.5) is 0 Å². The second-order valence-corrected chi connectivity index (χ2v) is 7.51. The minimum absolute atomic E-state index is 0.00203. The van der Waals surface area contributed by atoms with Crippen molar-refractivity contribution in [3.05, 3.63) is 23.8 Å².